The monoisotopic (exact) mass is 412 g/mol. The Labute approximate surface area is 143 Å². The first-order valence-electron chi connectivity index (χ1n) is 5.59. The Bertz CT molecular complexity index is 705. The summed E-state index contributed by atoms with van der Waals surface area (Å²) in [4.78, 5) is 10.9. The summed E-state index contributed by atoms with van der Waals surface area (Å²) in [6.07, 6.45) is 0.404. The van der Waals surface area contributed by atoms with Crippen LogP contribution in [-0.4, -0.2) is 27.0 Å². The summed E-state index contributed by atoms with van der Waals surface area (Å²) in [6.45, 7) is 1.41. The zero-order valence-electron chi connectivity index (χ0n) is 10.5. The fraction of sp³-hybridized carbons (Fsp3) is 0.167. The number of aromatic nitrogens is 2. The second-order valence-corrected chi connectivity index (χ2v) is 6.02. The average molecular weight is 414 g/mol. The Balaban J connectivity index is 2.51. The highest BCUT2D eigenvalue weighted by atomic mass is 79.9. The van der Waals surface area contributed by atoms with Gasteiger partial charge in [-0.15, -0.1) is 0 Å². The van der Waals surface area contributed by atoms with E-state index in [0.717, 1.165) is 0 Å². The molecule has 112 valence electrons. The minimum Gasteiger partial charge on any atom is -0.479 e. The van der Waals surface area contributed by atoms with Crippen LogP contribution in [0.1, 0.15) is 6.92 Å². The van der Waals surface area contributed by atoms with Crippen LogP contribution in [0, 0.1) is 0 Å². The molecule has 1 heterocycles. The van der Waals surface area contributed by atoms with Crippen LogP contribution in [0.5, 0.6) is 5.88 Å². The van der Waals surface area contributed by atoms with Crippen LogP contribution in [0.25, 0.3) is 5.69 Å². The first kappa shape index (κ1) is 16.4. The first-order valence-corrected chi connectivity index (χ1v) is 7.52. The fourth-order valence-electron chi connectivity index (χ4n) is 1.49. The summed E-state index contributed by atoms with van der Waals surface area (Å²) in [5.74, 6) is -0.903. The topological polar surface area (TPSA) is 64.4 Å². The van der Waals surface area contributed by atoms with Crippen LogP contribution >= 0.6 is 50.7 Å². The number of nitrogens with zero attached hydrogens (tertiary/aromatic N) is 2. The normalized spacial score (nSPS) is 12.2. The van der Waals surface area contributed by atoms with Crippen LogP contribution in [0.15, 0.2) is 22.8 Å². The molecular weight excluding hydrogens is 406 g/mol. The van der Waals surface area contributed by atoms with Gasteiger partial charge in [-0.25, -0.2) is 4.79 Å². The zero-order valence-corrected chi connectivity index (χ0v) is 14.3. The molecule has 2 aromatic rings. The molecule has 1 aromatic carbocycles. The molecule has 0 radical (unpaired) electrons. The maximum atomic E-state index is 10.9. The molecule has 0 spiro atoms. The molecule has 0 aliphatic heterocycles. The van der Waals surface area contributed by atoms with Crippen molar-refractivity contribution in [2.24, 2.45) is 0 Å². The summed E-state index contributed by atoms with van der Waals surface area (Å²) in [5, 5.41) is 13.7. The maximum absolute atomic E-state index is 10.9. The number of ether oxygens (including phenoxy) is 1. The molecule has 1 N–H and O–H groups in total. The van der Waals surface area contributed by atoms with Gasteiger partial charge in [-0.1, -0.05) is 34.8 Å². The van der Waals surface area contributed by atoms with Gasteiger partial charge < -0.3 is 9.84 Å². The van der Waals surface area contributed by atoms with Gasteiger partial charge in [0.05, 0.1) is 31.4 Å². The first-order chi connectivity index (χ1) is 9.82. The quantitative estimate of drug-likeness (QED) is 0.751. The van der Waals surface area contributed by atoms with Crippen LogP contribution in [0.4, 0.5) is 0 Å². The molecule has 1 unspecified atom stereocenters. The number of hydrogen-bond donors (Lipinski definition) is 1. The molecule has 5 nitrogen and oxygen atoms in total. The van der Waals surface area contributed by atoms with Crippen molar-refractivity contribution in [3.8, 4) is 11.6 Å². The highest BCUT2D eigenvalue weighted by molar-refractivity contribution is 9.10. The second kappa shape index (κ2) is 6.44. The fourth-order valence-corrected chi connectivity index (χ4v) is 2.46. The third kappa shape index (κ3) is 3.29. The average Bonchev–Trinajstić information content (AvgIpc) is 2.78. The Morgan fingerprint density at radius 3 is 2.67 bits per heavy atom. The maximum Gasteiger partial charge on any atom is 0.344 e. The van der Waals surface area contributed by atoms with Gasteiger partial charge in [0.15, 0.2) is 6.10 Å². The van der Waals surface area contributed by atoms with Crippen molar-refractivity contribution in [1.82, 2.24) is 9.78 Å². The molecule has 0 amide bonds. The van der Waals surface area contributed by atoms with Gasteiger partial charge in [-0.3, -0.25) is 0 Å². The van der Waals surface area contributed by atoms with Crippen LogP contribution in [0.3, 0.4) is 0 Å². The zero-order chi connectivity index (χ0) is 15.7. The molecule has 0 saturated carbocycles. The summed E-state index contributed by atoms with van der Waals surface area (Å²) in [5.41, 5.74) is 0.421. The van der Waals surface area contributed by atoms with Crippen LogP contribution < -0.4 is 4.74 Å². The Morgan fingerprint density at radius 2 is 2.05 bits per heavy atom. The van der Waals surface area contributed by atoms with Crippen molar-refractivity contribution >= 4 is 56.7 Å². The molecule has 0 fully saturated rings. The number of carboxylic acids is 1. The number of benzene rings is 1. The van der Waals surface area contributed by atoms with Crippen molar-refractivity contribution in [3.63, 3.8) is 0 Å². The number of carbonyl (C=O) groups is 1. The van der Waals surface area contributed by atoms with E-state index >= 15 is 0 Å². The summed E-state index contributed by atoms with van der Waals surface area (Å²) in [7, 11) is 0. The molecule has 0 saturated heterocycles. The van der Waals surface area contributed by atoms with Crippen molar-refractivity contribution < 1.29 is 14.6 Å². The van der Waals surface area contributed by atoms with E-state index in [2.05, 4.69) is 21.0 Å². The van der Waals surface area contributed by atoms with Gasteiger partial charge in [-0.05, 0) is 35.0 Å². The lowest BCUT2D eigenvalue weighted by Gasteiger charge is -2.14. The van der Waals surface area contributed by atoms with E-state index in [4.69, 9.17) is 44.6 Å². The number of hydrogen-bond acceptors (Lipinski definition) is 3. The SMILES string of the molecule is CC(Oc1c(Br)cnn1-c1ccc(Cl)c(Cl)c1Cl)C(=O)O. The van der Waals surface area contributed by atoms with Gasteiger partial charge in [0.25, 0.3) is 0 Å². The lowest BCUT2D eigenvalue weighted by atomic mass is 10.3. The number of rotatable bonds is 4. The number of aliphatic carboxylic acids is 1. The van der Waals surface area contributed by atoms with E-state index in [1.54, 1.807) is 12.1 Å². The predicted molar refractivity (Wildman–Crippen MR) is 84.0 cm³/mol. The smallest absolute Gasteiger partial charge is 0.344 e. The molecule has 9 heteroatoms. The molecule has 21 heavy (non-hydrogen) atoms. The van der Waals surface area contributed by atoms with E-state index in [0.29, 0.717) is 15.2 Å². The van der Waals surface area contributed by atoms with Crippen molar-refractivity contribution in [1.29, 1.82) is 0 Å². The third-order valence-corrected chi connectivity index (χ3v) is 4.39. The third-order valence-electron chi connectivity index (χ3n) is 2.56. The Kier molecular flexibility index (Phi) is 5.03. The van der Waals surface area contributed by atoms with Crippen LogP contribution in [0.2, 0.25) is 15.1 Å². The second-order valence-electron chi connectivity index (χ2n) is 4.00. The molecule has 0 aliphatic rings. The Morgan fingerprint density at radius 1 is 1.38 bits per heavy atom. The van der Waals surface area contributed by atoms with Gasteiger partial charge >= 0.3 is 5.97 Å². The van der Waals surface area contributed by atoms with Crippen LogP contribution in [-0.2, 0) is 4.79 Å². The lowest BCUT2D eigenvalue weighted by molar-refractivity contribution is -0.144. The van der Waals surface area contributed by atoms with Crippen molar-refractivity contribution in [2.75, 3.05) is 0 Å². The summed E-state index contributed by atoms with van der Waals surface area (Å²) < 4.78 is 7.20. The van der Waals surface area contributed by atoms with E-state index < -0.39 is 12.1 Å². The molecule has 0 aliphatic carbocycles. The number of carboxylic acid groups (broad SMARTS) is 1. The summed E-state index contributed by atoms with van der Waals surface area (Å²) >= 11 is 21.3. The van der Waals surface area contributed by atoms with E-state index in [-0.39, 0.29) is 15.9 Å². The predicted octanol–water partition coefficient (Wildman–Crippen LogP) is 4.45. The van der Waals surface area contributed by atoms with E-state index in [1.807, 2.05) is 0 Å². The minimum absolute atomic E-state index is 0.180. The van der Waals surface area contributed by atoms with Gasteiger partial charge in [-0.2, -0.15) is 9.78 Å². The van der Waals surface area contributed by atoms with Gasteiger partial charge in [0.2, 0.25) is 5.88 Å². The largest absolute Gasteiger partial charge is 0.479 e. The summed E-state index contributed by atoms with van der Waals surface area (Å²) in [6, 6.07) is 3.17. The van der Waals surface area contributed by atoms with Crippen molar-refractivity contribution in [3.05, 3.63) is 37.9 Å². The van der Waals surface area contributed by atoms with E-state index in [1.165, 1.54) is 17.8 Å². The van der Waals surface area contributed by atoms with Gasteiger partial charge in [0, 0.05) is 0 Å². The van der Waals surface area contributed by atoms with E-state index in [9.17, 15) is 4.79 Å². The molecule has 1 aromatic heterocycles. The lowest BCUT2D eigenvalue weighted by Crippen LogP contribution is -2.24. The molecular formula is C12H8BrCl3N2O3. The highest BCUT2D eigenvalue weighted by Gasteiger charge is 2.21. The molecule has 1 atom stereocenters. The molecule has 0 bridgehead atoms. The van der Waals surface area contributed by atoms with Crippen molar-refractivity contribution in [2.45, 2.75) is 13.0 Å². The van der Waals surface area contributed by atoms with Gasteiger partial charge in [0.1, 0.15) is 0 Å². The molecule has 2 rings (SSSR count). The number of halogens is 4. The Hall–Kier alpha value is -0.950. The standard InChI is InChI=1S/C12H8BrCl3N2O3/c1-5(12(19)20)21-11-6(13)4-17-18(11)8-3-2-7(14)9(15)10(8)16/h2-5H,1H3,(H,19,20). The highest BCUT2D eigenvalue weighted by Crippen LogP contribution is 2.37. The minimum atomic E-state index is -1.10.